The van der Waals surface area contributed by atoms with Crippen molar-refractivity contribution < 1.29 is 4.74 Å². The van der Waals surface area contributed by atoms with Crippen molar-refractivity contribution in [3.63, 3.8) is 0 Å². The molecule has 2 aliphatic rings. The van der Waals surface area contributed by atoms with E-state index in [0.29, 0.717) is 5.82 Å². The first-order valence-electron chi connectivity index (χ1n) is 19.8. The number of aromatic nitrogens is 2. The maximum absolute atomic E-state index is 6.96. The maximum atomic E-state index is 6.96. The average molecular weight is 739 g/mol. The van der Waals surface area contributed by atoms with E-state index in [-0.39, 0.29) is 0 Å². The van der Waals surface area contributed by atoms with Crippen LogP contribution in [0.3, 0.4) is 0 Å². The Morgan fingerprint density at radius 1 is 0.345 bits per heavy atom. The van der Waals surface area contributed by atoms with Crippen molar-refractivity contribution in [2.45, 2.75) is 5.41 Å². The lowest BCUT2D eigenvalue weighted by molar-refractivity contribution is 0.438. The molecule has 0 N–H and O–H groups in total. The topological polar surface area (TPSA) is 35.0 Å². The summed E-state index contributed by atoms with van der Waals surface area (Å²) in [6.45, 7) is 0. The summed E-state index contributed by atoms with van der Waals surface area (Å²) in [5.74, 6) is 2.47. The Kier molecular flexibility index (Phi) is 7.14. The third-order valence-corrected chi connectivity index (χ3v) is 12.2. The van der Waals surface area contributed by atoms with Crippen LogP contribution in [-0.2, 0) is 5.41 Å². The van der Waals surface area contributed by atoms with Gasteiger partial charge in [-0.3, -0.25) is 0 Å². The fourth-order valence-corrected chi connectivity index (χ4v) is 9.56. The molecule has 12 rings (SSSR count). The van der Waals surface area contributed by atoms with Crippen LogP contribution in [0.15, 0.2) is 206 Å². The molecule has 0 amide bonds. The molecule has 0 saturated carbocycles. The number of rotatable bonds is 4. The number of ether oxygens (including phenoxy) is 1. The van der Waals surface area contributed by atoms with Crippen LogP contribution in [0.2, 0.25) is 0 Å². The quantitative estimate of drug-likeness (QED) is 0.169. The fourth-order valence-electron chi connectivity index (χ4n) is 9.56. The molecular formula is C55H34N2O. The molecule has 0 atom stereocenters. The van der Waals surface area contributed by atoms with Gasteiger partial charge < -0.3 is 4.74 Å². The SMILES string of the molecule is c1ccc(-c2nc(-c3ccc(-c4cccc5c4Oc4ccccc4C54c5ccccc5-c5ccccc54)cc3)cc(-c3ccc4c(ccc5ccccc54)c3)n2)cc1. The standard InChI is InChI=1S/C55H34N2O/c1-2-14-38(15-3-1)54-56-50(34-51(57-54)40-31-32-42-39(33-40)30-27-35-13-4-5-16-41(35)42)37-28-25-36(26-29-37)43-19-12-23-49-53(43)58-52-24-11-10-22-48(52)55(49)46-20-8-6-17-44(46)45-18-7-9-21-47(45)55/h1-34H. The van der Waals surface area contributed by atoms with E-state index in [0.717, 1.165) is 56.3 Å². The predicted octanol–water partition coefficient (Wildman–Crippen LogP) is 13.9. The Hall–Kier alpha value is -7.62. The summed E-state index contributed by atoms with van der Waals surface area (Å²) in [4.78, 5) is 10.3. The Bertz CT molecular complexity index is 3210. The lowest BCUT2D eigenvalue weighted by Crippen LogP contribution is -2.32. The molecule has 3 heteroatoms. The highest BCUT2D eigenvalue weighted by Crippen LogP contribution is 2.63. The minimum atomic E-state index is -0.506. The summed E-state index contributed by atoms with van der Waals surface area (Å²) >= 11 is 0. The summed E-state index contributed by atoms with van der Waals surface area (Å²) in [6.07, 6.45) is 0. The molecule has 1 aromatic heterocycles. The molecule has 0 fully saturated rings. The third kappa shape index (κ3) is 4.80. The van der Waals surface area contributed by atoms with E-state index in [4.69, 9.17) is 14.7 Å². The molecule has 2 heterocycles. The number of hydrogen-bond acceptors (Lipinski definition) is 3. The van der Waals surface area contributed by atoms with Gasteiger partial charge in [0.05, 0.1) is 16.8 Å². The van der Waals surface area contributed by atoms with Crippen LogP contribution >= 0.6 is 0 Å². The molecular weight excluding hydrogens is 705 g/mol. The normalized spacial score (nSPS) is 13.1. The number of fused-ring (bicyclic) bond motifs is 12. The van der Waals surface area contributed by atoms with Gasteiger partial charge in [0.25, 0.3) is 0 Å². The lowest BCUT2D eigenvalue weighted by atomic mass is 9.65. The molecule has 0 radical (unpaired) electrons. The van der Waals surface area contributed by atoms with Crippen LogP contribution in [0, 0.1) is 0 Å². The Balaban J connectivity index is 0.988. The van der Waals surface area contributed by atoms with Crippen molar-refractivity contribution in [3.8, 4) is 67.7 Å². The van der Waals surface area contributed by atoms with Crippen LogP contribution in [0.25, 0.3) is 77.7 Å². The van der Waals surface area contributed by atoms with E-state index in [9.17, 15) is 0 Å². The molecule has 0 bridgehead atoms. The van der Waals surface area contributed by atoms with Crippen LogP contribution in [0.4, 0.5) is 0 Å². The number of nitrogens with zero attached hydrogens (tertiary/aromatic N) is 2. The van der Waals surface area contributed by atoms with Gasteiger partial charge >= 0.3 is 0 Å². The number of hydrogen-bond donors (Lipinski definition) is 0. The largest absolute Gasteiger partial charge is 0.456 e. The minimum absolute atomic E-state index is 0.506. The first-order chi connectivity index (χ1) is 28.7. The van der Waals surface area contributed by atoms with Crippen molar-refractivity contribution in [2.75, 3.05) is 0 Å². The van der Waals surface area contributed by atoms with E-state index in [2.05, 4.69) is 188 Å². The van der Waals surface area contributed by atoms with Crippen molar-refractivity contribution in [3.05, 3.63) is 229 Å². The maximum Gasteiger partial charge on any atom is 0.160 e. The highest BCUT2D eigenvalue weighted by atomic mass is 16.5. The molecule has 0 saturated heterocycles. The van der Waals surface area contributed by atoms with E-state index < -0.39 is 5.41 Å². The van der Waals surface area contributed by atoms with E-state index in [1.807, 2.05) is 18.2 Å². The predicted molar refractivity (Wildman–Crippen MR) is 236 cm³/mol. The van der Waals surface area contributed by atoms with Crippen LogP contribution in [-0.4, -0.2) is 9.97 Å². The second kappa shape index (κ2) is 12.7. The summed E-state index contributed by atoms with van der Waals surface area (Å²) < 4.78 is 6.96. The third-order valence-electron chi connectivity index (χ3n) is 12.2. The smallest absolute Gasteiger partial charge is 0.160 e. The van der Waals surface area contributed by atoms with Gasteiger partial charge in [-0.25, -0.2) is 9.97 Å². The first-order valence-corrected chi connectivity index (χ1v) is 19.8. The number of benzene rings is 9. The Morgan fingerprint density at radius 3 is 1.71 bits per heavy atom. The van der Waals surface area contributed by atoms with Crippen molar-refractivity contribution in [1.82, 2.24) is 9.97 Å². The van der Waals surface area contributed by atoms with E-state index >= 15 is 0 Å². The van der Waals surface area contributed by atoms with Crippen LogP contribution < -0.4 is 4.74 Å². The average Bonchev–Trinajstić information content (AvgIpc) is 3.59. The van der Waals surface area contributed by atoms with Gasteiger partial charge in [0.15, 0.2) is 5.82 Å². The van der Waals surface area contributed by atoms with Gasteiger partial charge in [0.1, 0.15) is 11.5 Å². The molecule has 1 spiro atoms. The minimum Gasteiger partial charge on any atom is -0.456 e. The van der Waals surface area contributed by atoms with Crippen molar-refractivity contribution in [2.24, 2.45) is 0 Å². The van der Waals surface area contributed by atoms with Gasteiger partial charge in [0, 0.05) is 33.4 Å². The molecule has 0 unspecified atom stereocenters. The molecule has 1 aliphatic carbocycles. The molecule has 9 aromatic carbocycles. The highest BCUT2D eigenvalue weighted by molar-refractivity contribution is 6.08. The summed E-state index contributed by atoms with van der Waals surface area (Å²) in [5.41, 5.74) is 13.9. The van der Waals surface area contributed by atoms with E-state index in [1.54, 1.807) is 0 Å². The fraction of sp³-hybridized carbons (Fsp3) is 0.0182. The van der Waals surface area contributed by atoms with Gasteiger partial charge in [-0.1, -0.05) is 188 Å². The molecule has 1 aliphatic heterocycles. The highest BCUT2D eigenvalue weighted by Gasteiger charge is 2.51. The summed E-state index contributed by atoms with van der Waals surface area (Å²) in [5, 5.41) is 4.91. The molecule has 10 aromatic rings. The van der Waals surface area contributed by atoms with Gasteiger partial charge in [0.2, 0.25) is 0 Å². The zero-order chi connectivity index (χ0) is 38.2. The van der Waals surface area contributed by atoms with Gasteiger partial charge in [-0.15, -0.1) is 0 Å². The van der Waals surface area contributed by atoms with E-state index in [1.165, 1.54) is 49.4 Å². The second-order valence-corrected chi connectivity index (χ2v) is 15.2. The van der Waals surface area contributed by atoms with Crippen molar-refractivity contribution in [1.29, 1.82) is 0 Å². The summed E-state index contributed by atoms with van der Waals surface area (Å²) in [7, 11) is 0. The first kappa shape index (κ1) is 32.6. The van der Waals surface area contributed by atoms with Crippen molar-refractivity contribution >= 4 is 21.5 Å². The molecule has 3 nitrogen and oxygen atoms in total. The molecule has 58 heavy (non-hydrogen) atoms. The van der Waals surface area contributed by atoms with Crippen LogP contribution in [0.5, 0.6) is 11.5 Å². The zero-order valence-electron chi connectivity index (χ0n) is 31.4. The monoisotopic (exact) mass is 738 g/mol. The molecule has 270 valence electrons. The van der Waals surface area contributed by atoms with Crippen LogP contribution in [0.1, 0.15) is 22.3 Å². The zero-order valence-corrected chi connectivity index (χ0v) is 31.4. The Morgan fingerprint density at radius 2 is 0.914 bits per heavy atom. The summed E-state index contributed by atoms with van der Waals surface area (Å²) in [6, 6.07) is 73.6. The van der Waals surface area contributed by atoms with Gasteiger partial charge in [-0.05, 0) is 67.6 Å². The second-order valence-electron chi connectivity index (χ2n) is 15.2. The lowest BCUT2D eigenvalue weighted by Gasteiger charge is -2.40. The number of para-hydroxylation sites is 2. The van der Waals surface area contributed by atoms with Gasteiger partial charge in [-0.2, -0.15) is 0 Å². The Labute approximate surface area is 336 Å².